The summed E-state index contributed by atoms with van der Waals surface area (Å²) in [7, 11) is -21.3. The van der Waals surface area contributed by atoms with Crippen molar-refractivity contribution >= 4 is 39.5 Å². The number of pyridine rings is 8. The number of carbonyl (C=O) groups excluding carboxylic acids is 4. The maximum Gasteiger partial charge on any atom is 3.00 e. The van der Waals surface area contributed by atoms with Gasteiger partial charge in [0, 0.05) is 60.4 Å². The van der Waals surface area contributed by atoms with Crippen molar-refractivity contribution in [3.05, 3.63) is 216 Å². The molecular weight excluding hydrogens is 1340 g/mol. The van der Waals surface area contributed by atoms with E-state index in [4.69, 9.17) is 10.8 Å². The monoisotopic (exact) mass is 1380 g/mol. The van der Waals surface area contributed by atoms with Crippen LogP contribution in [0.3, 0.4) is 0 Å². The normalized spacial score (nSPS) is 11.3. The third-order valence-corrected chi connectivity index (χ3v) is 7.75. The van der Waals surface area contributed by atoms with Gasteiger partial charge in [-0.3, -0.25) is 19.9 Å². The van der Waals surface area contributed by atoms with Crippen LogP contribution in [0.5, 0.6) is 0 Å². The van der Waals surface area contributed by atoms with Gasteiger partial charge in [0.15, 0.2) is 0 Å². The molecule has 18 nitrogen and oxygen atoms in total. The van der Waals surface area contributed by atoms with Gasteiger partial charge in [-0.15, -0.1) is 0 Å². The molecule has 0 bridgehead atoms. The minimum Gasteiger partial charge on any atom is -0.543 e. The van der Waals surface area contributed by atoms with Gasteiger partial charge in [-0.05, 0) is 147 Å². The summed E-state index contributed by atoms with van der Waals surface area (Å²) in [4.78, 5) is 73.2. The average molecular weight is 1380 g/mol. The Morgan fingerprint density at radius 3 is 0.549 bits per heavy atom. The largest absolute Gasteiger partial charge is 3.00 e. The van der Waals surface area contributed by atoms with E-state index in [1.54, 1.807) is 49.6 Å². The summed E-state index contributed by atoms with van der Waals surface area (Å²) in [5.41, 5.74) is 5.07. The van der Waals surface area contributed by atoms with Crippen LogP contribution in [0.1, 0.15) is 64.2 Å². The van der Waals surface area contributed by atoms with Crippen molar-refractivity contribution in [1.29, 1.82) is 10.8 Å². The van der Waals surface area contributed by atoms with Crippen molar-refractivity contribution in [1.82, 2.24) is 39.9 Å². The van der Waals surface area contributed by atoms with Gasteiger partial charge in [-0.25, -0.2) is 19.9 Å². The van der Waals surface area contributed by atoms with E-state index in [9.17, 15) is 90.0 Å². The third kappa shape index (κ3) is 46.7. The maximum absolute atomic E-state index is 10.7. The summed E-state index contributed by atoms with van der Waals surface area (Å²) >= 11 is 0. The summed E-state index contributed by atoms with van der Waals surface area (Å²) < 4.78 is 118. The molecule has 0 saturated heterocycles. The number of aryl methyl sites for hydroxylation is 4. The Labute approximate surface area is 483 Å². The van der Waals surface area contributed by atoms with E-state index in [0.717, 1.165) is 0 Å². The minimum atomic E-state index is -10.7. The van der Waals surface area contributed by atoms with Crippen molar-refractivity contribution in [3.63, 3.8) is 0 Å². The molecule has 0 fully saturated rings. The second-order valence-corrected chi connectivity index (χ2v) is 18.6. The van der Waals surface area contributed by atoms with E-state index in [1.807, 2.05) is 76.2 Å². The number of rotatable bonds is 6. The second kappa shape index (κ2) is 33.5. The van der Waals surface area contributed by atoms with Crippen molar-refractivity contribution in [3.8, 4) is 22.8 Å². The van der Waals surface area contributed by atoms with Crippen molar-refractivity contribution in [2.45, 2.75) is 27.7 Å². The van der Waals surface area contributed by atoms with Crippen LogP contribution >= 0.6 is 15.6 Å². The Morgan fingerprint density at radius 1 is 0.317 bits per heavy atom. The van der Waals surface area contributed by atoms with Crippen LogP contribution in [0.4, 0.5) is 50.4 Å². The second-order valence-electron chi connectivity index (χ2n) is 14.8. The van der Waals surface area contributed by atoms with Crippen molar-refractivity contribution in [2.75, 3.05) is 0 Å². The van der Waals surface area contributed by atoms with Crippen molar-refractivity contribution in [2.24, 2.45) is 0 Å². The first-order valence-electron chi connectivity index (χ1n) is 21.2. The van der Waals surface area contributed by atoms with Crippen LogP contribution in [0.25, 0.3) is 22.8 Å². The maximum atomic E-state index is 10.7. The number of aromatic carboxylic acids is 4. The minimum absolute atomic E-state index is 0. The molecule has 8 aromatic heterocycles. The fraction of sp³-hybridized carbons (Fsp3) is 0.0833. The quantitative estimate of drug-likeness (QED) is 0.0646. The molecular formula is C48H40F12N10O8P2Ru2. The zero-order valence-electron chi connectivity index (χ0n) is 42.0. The molecule has 0 aliphatic rings. The molecule has 0 aliphatic heterocycles. The van der Waals surface area contributed by atoms with Gasteiger partial charge >= 0.3 is 105 Å². The van der Waals surface area contributed by atoms with Crippen LogP contribution in [-0.4, -0.2) is 63.7 Å². The smallest absolute Gasteiger partial charge is 0.543 e. The summed E-state index contributed by atoms with van der Waals surface area (Å²) in [6.45, 7) is 8.17. The molecule has 0 N–H and O–H groups in total. The molecule has 0 saturated carbocycles. The summed E-state index contributed by atoms with van der Waals surface area (Å²) in [6.07, 6.45) is 14.3. The molecule has 0 unspecified atom stereocenters. The van der Waals surface area contributed by atoms with E-state index in [2.05, 4.69) is 39.9 Å². The first-order chi connectivity index (χ1) is 36.6. The van der Waals surface area contributed by atoms with E-state index >= 15 is 0 Å². The predicted octanol–water partition coefficient (Wildman–Crippen LogP) is 10.1. The fourth-order valence-corrected chi connectivity index (χ4v) is 4.47. The van der Waals surface area contributed by atoms with Gasteiger partial charge < -0.3 is 39.6 Å². The van der Waals surface area contributed by atoms with Gasteiger partial charge in [0.25, 0.3) is 0 Å². The summed E-state index contributed by atoms with van der Waals surface area (Å²) in [5.74, 6) is -5.64. The first kappa shape index (κ1) is 78.0. The molecule has 8 heterocycles. The van der Waals surface area contributed by atoms with Crippen LogP contribution in [0.2, 0.25) is 0 Å². The first-order valence-corrected chi connectivity index (χ1v) is 25.2. The number of hydrogen-bond donors (Lipinski definition) is 0. The van der Waals surface area contributed by atoms with E-state index in [-0.39, 0.29) is 84.5 Å². The molecule has 0 aromatic carbocycles. The van der Waals surface area contributed by atoms with Gasteiger partial charge in [0.05, 0.1) is 69.4 Å². The van der Waals surface area contributed by atoms with Gasteiger partial charge in [-0.1, -0.05) is 24.3 Å². The molecule has 34 heteroatoms. The van der Waals surface area contributed by atoms with E-state index in [0.29, 0.717) is 0 Å². The molecule has 0 amide bonds. The molecule has 2 radical (unpaired) electrons. The number of halogens is 12. The van der Waals surface area contributed by atoms with Crippen LogP contribution in [0.15, 0.2) is 171 Å². The standard InChI is InChI=1S/2C12H8N2O4.4C6H7N.2F6P.N2.2Ru/c2*15-11(16)9-5-1-3-7(13-9)8-4-2-6-10(14-8)12(17)18;4*1-6-2-4-7-5-3-6;2*1-7(2,3,4,5)6;1-2;;/h2*1-6H,(H,15,16)(H,17,18);4*2-5H,1H3;;;;;/q;;;;;;2*-1;;2*+3/p-4. The van der Waals surface area contributed by atoms with Gasteiger partial charge in [0.2, 0.25) is 0 Å². The Balaban J connectivity index is -0.000000900. The van der Waals surface area contributed by atoms with E-state index < -0.39 is 39.5 Å². The zero-order valence-corrected chi connectivity index (χ0v) is 47.3. The Kier molecular flexibility index (Phi) is 31.9. The van der Waals surface area contributed by atoms with Crippen LogP contribution < -0.4 is 20.4 Å². The molecule has 8 aromatic rings. The molecule has 0 spiro atoms. The topological polar surface area (TPSA) is 311 Å². The summed E-state index contributed by atoms with van der Waals surface area (Å²) in [5, 5.41) is 54.6. The third-order valence-electron chi connectivity index (χ3n) is 7.75. The van der Waals surface area contributed by atoms with Gasteiger partial charge in [0.1, 0.15) is 0 Å². The van der Waals surface area contributed by atoms with Gasteiger partial charge in [-0.2, -0.15) is 0 Å². The van der Waals surface area contributed by atoms with E-state index in [1.165, 1.54) is 95.1 Å². The molecule has 8 rings (SSSR count). The Hall–Kier alpha value is -8.23. The number of hydrogen-bond acceptors (Lipinski definition) is 18. The molecule has 0 atom stereocenters. The fourth-order valence-electron chi connectivity index (χ4n) is 4.47. The average Bonchev–Trinajstić information content (AvgIpc) is 3.37. The molecule has 82 heavy (non-hydrogen) atoms. The summed E-state index contributed by atoms with van der Waals surface area (Å²) in [6, 6.07) is 32.9. The Morgan fingerprint density at radius 2 is 0.451 bits per heavy atom. The number of carbonyl (C=O) groups is 4. The Bertz CT molecular complexity index is 2840. The predicted molar refractivity (Wildman–Crippen MR) is 259 cm³/mol. The van der Waals surface area contributed by atoms with Crippen LogP contribution in [-0.2, 0) is 39.0 Å². The number of aromatic nitrogens is 8. The van der Waals surface area contributed by atoms with Crippen molar-refractivity contribution < 1.29 is 129 Å². The molecule has 0 aliphatic carbocycles. The number of carboxylic acids is 4. The zero-order chi connectivity index (χ0) is 61.5. The number of nitrogens with zero attached hydrogens (tertiary/aromatic N) is 10. The SMILES string of the molecule is Cc1ccncc1.Cc1ccncc1.Cc1ccncc1.Cc1ccncc1.F[P-](F)(F)(F)(F)F.F[P-](F)(F)(F)(F)F.N#N.O=C([O-])c1cccc(-c2cccc(C(=O)[O-])n2)n1.O=C([O-])c1cccc(-c2cccc(C(=O)[O-])n2)n1.[Ru+3].[Ru+3]. The number of carboxylic acid groups (broad SMARTS) is 4. The van der Waals surface area contributed by atoms with Crippen LogP contribution in [0, 0.1) is 38.5 Å². The molecule has 440 valence electrons.